The first kappa shape index (κ1) is 14.0. The van der Waals surface area contributed by atoms with E-state index < -0.39 is 6.10 Å². The summed E-state index contributed by atoms with van der Waals surface area (Å²) in [6, 6.07) is 3.85. The lowest BCUT2D eigenvalue weighted by molar-refractivity contribution is -0.131. The first-order valence-corrected chi connectivity index (χ1v) is 6.62. The van der Waals surface area contributed by atoms with E-state index in [1.165, 1.54) is 0 Å². The van der Waals surface area contributed by atoms with Crippen LogP contribution >= 0.6 is 0 Å². The molecule has 5 nitrogen and oxygen atoms in total. The molecule has 1 aliphatic rings. The Bertz CT molecular complexity index is 450. The van der Waals surface area contributed by atoms with Gasteiger partial charge < -0.3 is 15.3 Å². The first-order valence-electron chi connectivity index (χ1n) is 6.62. The van der Waals surface area contributed by atoms with Crippen LogP contribution in [0.25, 0.3) is 0 Å². The molecule has 0 aromatic carbocycles. The zero-order chi connectivity index (χ0) is 13.8. The molecule has 2 atom stereocenters. The van der Waals surface area contributed by atoms with Gasteiger partial charge in [-0.05, 0) is 32.0 Å². The molecule has 1 aromatic rings. The SMILES string of the molecule is Cc1cccnc1CNC(=O)[C@@H]1CN(C)CC[C@@H]1O. The van der Waals surface area contributed by atoms with Gasteiger partial charge in [-0.15, -0.1) is 0 Å². The van der Waals surface area contributed by atoms with Gasteiger partial charge in [-0.2, -0.15) is 0 Å². The summed E-state index contributed by atoms with van der Waals surface area (Å²) in [6.07, 6.45) is 1.83. The Morgan fingerprint density at radius 1 is 1.63 bits per heavy atom. The number of piperidine rings is 1. The van der Waals surface area contributed by atoms with Crippen LogP contribution in [0.4, 0.5) is 0 Å². The van der Waals surface area contributed by atoms with Crippen molar-refractivity contribution in [2.45, 2.75) is 26.0 Å². The monoisotopic (exact) mass is 263 g/mol. The Hall–Kier alpha value is -1.46. The Labute approximate surface area is 113 Å². The van der Waals surface area contributed by atoms with Crippen LogP contribution in [0.2, 0.25) is 0 Å². The van der Waals surface area contributed by atoms with E-state index in [4.69, 9.17) is 0 Å². The average Bonchev–Trinajstić information content (AvgIpc) is 2.40. The third-order valence-electron chi connectivity index (χ3n) is 3.66. The molecular weight excluding hydrogens is 242 g/mol. The van der Waals surface area contributed by atoms with Crippen molar-refractivity contribution in [1.29, 1.82) is 0 Å². The number of likely N-dealkylation sites (tertiary alicyclic amines) is 1. The molecule has 0 spiro atoms. The lowest BCUT2D eigenvalue weighted by atomic mass is 9.94. The number of nitrogens with zero attached hydrogens (tertiary/aromatic N) is 2. The molecule has 0 radical (unpaired) electrons. The van der Waals surface area contributed by atoms with Crippen LogP contribution in [0.3, 0.4) is 0 Å². The topological polar surface area (TPSA) is 65.5 Å². The van der Waals surface area contributed by atoms with Crippen LogP contribution in [-0.4, -0.2) is 47.1 Å². The number of aryl methyl sites for hydroxylation is 1. The van der Waals surface area contributed by atoms with Crippen molar-refractivity contribution in [1.82, 2.24) is 15.2 Å². The molecule has 5 heteroatoms. The number of aliphatic hydroxyl groups excluding tert-OH is 1. The van der Waals surface area contributed by atoms with Crippen LogP contribution in [0, 0.1) is 12.8 Å². The number of pyridine rings is 1. The maximum atomic E-state index is 12.1. The second kappa shape index (κ2) is 6.12. The lowest BCUT2D eigenvalue weighted by Crippen LogP contribution is -2.48. The van der Waals surface area contributed by atoms with Crippen molar-refractivity contribution in [3.63, 3.8) is 0 Å². The van der Waals surface area contributed by atoms with Crippen molar-refractivity contribution < 1.29 is 9.90 Å². The molecule has 2 heterocycles. The first-order chi connectivity index (χ1) is 9.08. The smallest absolute Gasteiger partial charge is 0.227 e. The van der Waals surface area contributed by atoms with Crippen LogP contribution < -0.4 is 5.32 Å². The molecule has 0 saturated carbocycles. The van der Waals surface area contributed by atoms with Gasteiger partial charge in [0, 0.05) is 19.3 Å². The highest BCUT2D eigenvalue weighted by atomic mass is 16.3. The molecule has 104 valence electrons. The van der Waals surface area contributed by atoms with Gasteiger partial charge in [0.25, 0.3) is 0 Å². The largest absolute Gasteiger partial charge is 0.392 e. The standard InChI is InChI=1S/C14H21N3O2/c1-10-4-3-6-15-12(10)8-16-14(19)11-9-17(2)7-5-13(11)18/h3-4,6,11,13,18H,5,7-9H2,1-2H3,(H,16,19)/t11-,13+/m1/s1. The minimum Gasteiger partial charge on any atom is -0.392 e. The van der Waals surface area contributed by atoms with Gasteiger partial charge in [-0.1, -0.05) is 6.07 Å². The molecule has 1 aliphatic heterocycles. The van der Waals surface area contributed by atoms with Gasteiger partial charge in [0.2, 0.25) is 5.91 Å². The number of hydrogen-bond donors (Lipinski definition) is 2. The summed E-state index contributed by atoms with van der Waals surface area (Å²) in [7, 11) is 1.97. The van der Waals surface area contributed by atoms with Gasteiger partial charge in [-0.25, -0.2) is 0 Å². The fourth-order valence-electron chi connectivity index (χ4n) is 2.37. The molecule has 1 amide bonds. The molecular formula is C14H21N3O2. The number of rotatable bonds is 3. The van der Waals surface area contributed by atoms with Gasteiger partial charge in [0.1, 0.15) is 0 Å². The summed E-state index contributed by atoms with van der Waals surface area (Å²) < 4.78 is 0. The molecule has 2 rings (SSSR count). The number of aromatic nitrogens is 1. The quantitative estimate of drug-likeness (QED) is 0.824. The average molecular weight is 263 g/mol. The second-order valence-corrected chi connectivity index (χ2v) is 5.21. The van der Waals surface area contributed by atoms with Gasteiger partial charge in [0.05, 0.1) is 24.3 Å². The van der Waals surface area contributed by atoms with E-state index in [2.05, 4.69) is 15.2 Å². The van der Waals surface area contributed by atoms with Gasteiger partial charge in [0.15, 0.2) is 0 Å². The normalized spacial score (nSPS) is 24.2. The van der Waals surface area contributed by atoms with E-state index >= 15 is 0 Å². The van der Waals surface area contributed by atoms with Gasteiger partial charge >= 0.3 is 0 Å². The van der Waals surface area contributed by atoms with E-state index in [9.17, 15) is 9.90 Å². The number of nitrogens with one attached hydrogen (secondary N) is 1. The maximum Gasteiger partial charge on any atom is 0.227 e. The molecule has 1 fully saturated rings. The Balaban J connectivity index is 1.92. The van der Waals surface area contributed by atoms with Crippen molar-refractivity contribution in [3.05, 3.63) is 29.6 Å². The lowest BCUT2D eigenvalue weighted by Gasteiger charge is -2.32. The Morgan fingerprint density at radius 3 is 3.16 bits per heavy atom. The summed E-state index contributed by atoms with van der Waals surface area (Å²) in [6.45, 7) is 3.83. The van der Waals surface area contributed by atoms with Crippen LogP contribution in [0.1, 0.15) is 17.7 Å². The minimum atomic E-state index is -0.541. The van der Waals surface area contributed by atoms with E-state index in [1.807, 2.05) is 26.1 Å². The zero-order valence-electron chi connectivity index (χ0n) is 11.5. The molecule has 2 N–H and O–H groups in total. The van der Waals surface area contributed by atoms with Crippen LogP contribution in [0.5, 0.6) is 0 Å². The summed E-state index contributed by atoms with van der Waals surface area (Å²) >= 11 is 0. The highest BCUT2D eigenvalue weighted by Crippen LogP contribution is 2.16. The second-order valence-electron chi connectivity index (χ2n) is 5.21. The summed E-state index contributed by atoms with van der Waals surface area (Å²) in [4.78, 5) is 18.4. The predicted octanol–water partition coefficient (Wildman–Crippen LogP) is 0.319. The molecule has 1 saturated heterocycles. The molecule has 1 aromatic heterocycles. The van der Waals surface area contributed by atoms with Crippen molar-refractivity contribution in [2.75, 3.05) is 20.1 Å². The minimum absolute atomic E-state index is 0.0934. The van der Waals surface area contributed by atoms with E-state index in [0.717, 1.165) is 17.8 Å². The predicted molar refractivity (Wildman–Crippen MR) is 72.4 cm³/mol. The molecule has 19 heavy (non-hydrogen) atoms. The number of hydrogen-bond acceptors (Lipinski definition) is 4. The Kier molecular flexibility index (Phi) is 4.50. The third-order valence-corrected chi connectivity index (χ3v) is 3.66. The van der Waals surface area contributed by atoms with Gasteiger partial charge in [-0.3, -0.25) is 9.78 Å². The fraction of sp³-hybridized carbons (Fsp3) is 0.571. The number of amides is 1. The van der Waals surface area contributed by atoms with Crippen LogP contribution in [0.15, 0.2) is 18.3 Å². The zero-order valence-corrected chi connectivity index (χ0v) is 11.5. The summed E-state index contributed by atoms with van der Waals surface area (Å²) in [5, 5.41) is 12.8. The van der Waals surface area contributed by atoms with Crippen molar-refractivity contribution in [2.24, 2.45) is 5.92 Å². The van der Waals surface area contributed by atoms with Crippen molar-refractivity contribution >= 4 is 5.91 Å². The van der Waals surface area contributed by atoms with Crippen molar-refractivity contribution in [3.8, 4) is 0 Å². The van der Waals surface area contributed by atoms with E-state index in [-0.39, 0.29) is 11.8 Å². The maximum absolute atomic E-state index is 12.1. The Morgan fingerprint density at radius 2 is 2.42 bits per heavy atom. The number of aliphatic hydroxyl groups is 1. The van der Waals surface area contributed by atoms with E-state index in [0.29, 0.717) is 19.5 Å². The highest BCUT2D eigenvalue weighted by molar-refractivity contribution is 5.79. The molecule has 0 aliphatic carbocycles. The highest BCUT2D eigenvalue weighted by Gasteiger charge is 2.31. The molecule has 0 unspecified atom stereocenters. The fourth-order valence-corrected chi connectivity index (χ4v) is 2.37. The number of carbonyl (C=O) groups excluding carboxylic acids is 1. The van der Waals surface area contributed by atoms with Crippen LogP contribution in [-0.2, 0) is 11.3 Å². The molecule has 0 bridgehead atoms. The third kappa shape index (κ3) is 3.52. The van der Waals surface area contributed by atoms with E-state index in [1.54, 1.807) is 6.20 Å². The number of carbonyl (C=O) groups is 1. The summed E-state index contributed by atoms with van der Waals surface area (Å²) in [5.41, 5.74) is 1.93. The summed E-state index contributed by atoms with van der Waals surface area (Å²) in [5.74, 6) is -0.438.